The van der Waals surface area contributed by atoms with Gasteiger partial charge in [-0.25, -0.2) is 0 Å². The lowest BCUT2D eigenvalue weighted by Gasteiger charge is -2.26. The Hall–Kier alpha value is -3.07. The Balaban J connectivity index is 2.18. The monoisotopic (exact) mass is 465 g/mol. The molecule has 3 rings (SSSR count). The van der Waals surface area contributed by atoms with Gasteiger partial charge in [-0.1, -0.05) is 18.2 Å². The molecule has 0 atom stereocenters. The summed E-state index contributed by atoms with van der Waals surface area (Å²) in [5.74, 6) is -0.578. The van der Waals surface area contributed by atoms with Gasteiger partial charge in [0.2, 0.25) is 0 Å². The molecule has 0 bridgehead atoms. The molecule has 1 amide bonds. The summed E-state index contributed by atoms with van der Waals surface area (Å²) in [6.45, 7) is -1.31. The Morgan fingerprint density at radius 2 is 2.06 bits per heavy atom. The second-order valence-corrected chi connectivity index (χ2v) is 7.70. The lowest BCUT2D eigenvalue weighted by molar-refractivity contribution is -0.128. The van der Waals surface area contributed by atoms with Crippen LogP contribution in [-0.4, -0.2) is 62.0 Å². The van der Waals surface area contributed by atoms with Crippen molar-refractivity contribution in [3.8, 4) is 11.8 Å². The highest BCUT2D eigenvalue weighted by atomic mass is 32.1. The minimum absolute atomic E-state index is 0.0887. The summed E-state index contributed by atoms with van der Waals surface area (Å²) >= 11 is 0.942. The van der Waals surface area contributed by atoms with Gasteiger partial charge in [0, 0.05) is 25.8 Å². The van der Waals surface area contributed by atoms with Crippen molar-refractivity contribution in [2.45, 2.75) is 13.2 Å². The first-order valence-corrected chi connectivity index (χ1v) is 10.5. The first-order valence-electron chi connectivity index (χ1n) is 9.71. The van der Waals surface area contributed by atoms with Gasteiger partial charge >= 0.3 is 6.61 Å². The maximum Gasteiger partial charge on any atom is 0.387 e. The van der Waals surface area contributed by atoms with E-state index in [1.54, 1.807) is 6.07 Å². The van der Waals surface area contributed by atoms with Crippen LogP contribution in [0, 0.1) is 11.3 Å². The van der Waals surface area contributed by atoms with Gasteiger partial charge in [0.25, 0.3) is 11.5 Å². The third kappa shape index (κ3) is 5.40. The van der Waals surface area contributed by atoms with E-state index in [1.807, 2.05) is 6.07 Å². The maximum atomic E-state index is 13.1. The molecule has 11 heteroatoms. The predicted octanol–water partition coefficient (Wildman–Crippen LogP) is 0.519. The third-order valence-electron chi connectivity index (χ3n) is 4.69. The average molecular weight is 465 g/mol. The zero-order chi connectivity index (χ0) is 23.1. The highest BCUT2D eigenvalue weighted by molar-refractivity contribution is 7.07. The highest BCUT2D eigenvalue weighted by Gasteiger charge is 2.23. The van der Waals surface area contributed by atoms with Crippen LogP contribution >= 0.6 is 11.3 Å². The van der Waals surface area contributed by atoms with Crippen molar-refractivity contribution in [1.29, 1.82) is 5.26 Å². The number of para-hydroxylation sites is 1. The van der Waals surface area contributed by atoms with Crippen molar-refractivity contribution in [2.75, 3.05) is 40.0 Å². The molecule has 0 N–H and O–H groups in total. The first kappa shape index (κ1) is 23.6. The van der Waals surface area contributed by atoms with E-state index in [9.17, 15) is 23.6 Å². The molecule has 0 radical (unpaired) electrons. The van der Waals surface area contributed by atoms with E-state index in [4.69, 9.17) is 9.47 Å². The number of benzene rings is 1. The SMILES string of the molecule is COCCn1c(=O)/c(=C\c2ccccc2OC(F)F)s/c1=C(\C#N)C(=O)N1CCOCC1. The number of halogens is 2. The van der Waals surface area contributed by atoms with Crippen molar-refractivity contribution < 1.29 is 27.8 Å². The van der Waals surface area contributed by atoms with E-state index in [0.717, 1.165) is 11.3 Å². The Morgan fingerprint density at radius 3 is 2.72 bits per heavy atom. The molecule has 1 saturated heterocycles. The van der Waals surface area contributed by atoms with Crippen molar-refractivity contribution in [3.63, 3.8) is 0 Å². The van der Waals surface area contributed by atoms with Crippen molar-refractivity contribution in [2.24, 2.45) is 0 Å². The first-order chi connectivity index (χ1) is 15.5. The van der Waals surface area contributed by atoms with Crippen molar-refractivity contribution in [3.05, 3.63) is 49.4 Å². The van der Waals surface area contributed by atoms with Crippen LogP contribution in [0.1, 0.15) is 5.56 Å². The van der Waals surface area contributed by atoms with Gasteiger partial charge in [-0.05, 0) is 12.1 Å². The van der Waals surface area contributed by atoms with Crippen LogP contribution in [0.3, 0.4) is 0 Å². The molecule has 2 heterocycles. The number of carbonyl (C=O) groups excluding carboxylic acids is 1. The summed E-state index contributed by atoms with van der Waals surface area (Å²) in [5, 5.41) is 9.74. The van der Waals surface area contributed by atoms with Crippen LogP contribution in [-0.2, 0) is 20.8 Å². The molecular weight excluding hydrogens is 444 g/mol. The second-order valence-electron chi connectivity index (χ2n) is 6.67. The number of nitriles is 1. The van der Waals surface area contributed by atoms with Gasteiger partial charge in [-0.2, -0.15) is 14.0 Å². The van der Waals surface area contributed by atoms with E-state index in [1.165, 1.54) is 40.9 Å². The number of nitrogens with zero attached hydrogens (tertiary/aromatic N) is 3. The van der Waals surface area contributed by atoms with Crippen molar-refractivity contribution in [1.82, 2.24) is 9.47 Å². The number of alkyl halides is 2. The summed E-state index contributed by atoms with van der Waals surface area (Å²) in [6.07, 6.45) is 1.41. The molecule has 0 spiro atoms. The molecule has 8 nitrogen and oxygen atoms in total. The normalized spacial score (nSPS) is 15.6. The highest BCUT2D eigenvalue weighted by Crippen LogP contribution is 2.20. The van der Waals surface area contributed by atoms with Crippen LogP contribution in [0.15, 0.2) is 29.1 Å². The molecule has 170 valence electrons. The van der Waals surface area contributed by atoms with Gasteiger partial charge in [0.05, 0.1) is 30.9 Å². The van der Waals surface area contributed by atoms with E-state index in [0.29, 0.717) is 26.3 Å². The van der Waals surface area contributed by atoms with E-state index in [-0.39, 0.29) is 39.2 Å². The maximum absolute atomic E-state index is 13.1. The number of carbonyl (C=O) groups is 1. The Morgan fingerprint density at radius 1 is 1.34 bits per heavy atom. The van der Waals surface area contributed by atoms with Gasteiger partial charge in [-0.15, -0.1) is 11.3 Å². The summed E-state index contributed by atoms with van der Waals surface area (Å²) in [6, 6.07) is 7.99. The standard InChI is InChI=1S/C21H21F2N3O5S/c1-29-9-8-26-19(28)17(12-14-4-2-3-5-16(14)31-21(22)23)32-20(26)15(13-24)18(27)25-6-10-30-11-7-25/h2-5,12,21H,6-11H2,1H3/b17-12+,20-15+. The Kier molecular flexibility index (Phi) is 8.10. The van der Waals surface area contributed by atoms with Gasteiger partial charge in [-0.3, -0.25) is 14.2 Å². The number of methoxy groups -OCH3 is 1. The van der Waals surface area contributed by atoms with Crippen molar-refractivity contribution >= 4 is 28.9 Å². The summed E-state index contributed by atoms with van der Waals surface area (Å²) in [7, 11) is 1.47. The zero-order valence-electron chi connectivity index (χ0n) is 17.3. The van der Waals surface area contributed by atoms with Gasteiger partial charge < -0.3 is 19.1 Å². The number of thiazole rings is 1. The van der Waals surface area contributed by atoms with Crippen LogP contribution < -0.4 is 19.5 Å². The number of aromatic nitrogens is 1. The minimum Gasteiger partial charge on any atom is -0.434 e. The van der Waals surface area contributed by atoms with Crippen LogP contribution in [0.5, 0.6) is 5.75 Å². The fraction of sp³-hybridized carbons (Fsp3) is 0.381. The molecule has 1 fully saturated rings. The third-order valence-corrected chi connectivity index (χ3v) is 5.82. The molecule has 0 unspecified atom stereocenters. The largest absolute Gasteiger partial charge is 0.434 e. The number of hydrogen-bond acceptors (Lipinski definition) is 7. The van der Waals surface area contributed by atoms with Crippen LogP contribution in [0.2, 0.25) is 0 Å². The number of hydrogen-bond donors (Lipinski definition) is 0. The van der Waals surface area contributed by atoms with Crippen LogP contribution in [0.25, 0.3) is 11.6 Å². The van der Waals surface area contributed by atoms with E-state index >= 15 is 0 Å². The van der Waals surface area contributed by atoms with E-state index in [2.05, 4.69) is 4.74 Å². The quantitative estimate of drug-likeness (QED) is 0.592. The lowest BCUT2D eigenvalue weighted by Crippen LogP contribution is -2.43. The molecule has 0 aliphatic carbocycles. The molecular formula is C21H21F2N3O5S. The predicted molar refractivity (Wildman–Crippen MR) is 113 cm³/mol. The molecule has 2 aromatic rings. The second kappa shape index (κ2) is 11.0. The molecule has 1 aromatic heterocycles. The number of morpholine rings is 1. The van der Waals surface area contributed by atoms with Gasteiger partial charge in [0.1, 0.15) is 16.5 Å². The van der Waals surface area contributed by atoms with Gasteiger partial charge in [0.15, 0.2) is 5.57 Å². The Labute approximate surface area is 186 Å². The average Bonchev–Trinajstić information content (AvgIpc) is 3.09. The molecule has 0 saturated carbocycles. The zero-order valence-corrected chi connectivity index (χ0v) is 18.1. The number of amides is 1. The Bertz CT molecular complexity index is 1180. The number of rotatable bonds is 7. The summed E-state index contributed by atoms with van der Waals surface area (Å²) in [5.41, 5.74) is -0.354. The smallest absolute Gasteiger partial charge is 0.387 e. The molecule has 1 aliphatic heterocycles. The van der Waals surface area contributed by atoms with E-state index < -0.39 is 18.1 Å². The molecule has 32 heavy (non-hydrogen) atoms. The fourth-order valence-corrected chi connectivity index (χ4v) is 4.26. The molecule has 1 aliphatic rings. The van der Waals surface area contributed by atoms with Crippen LogP contribution in [0.4, 0.5) is 8.78 Å². The molecule has 1 aromatic carbocycles. The summed E-state index contributed by atoms with van der Waals surface area (Å²) in [4.78, 5) is 27.6. The number of ether oxygens (including phenoxy) is 3. The summed E-state index contributed by atoms with van der Waals surface area (Å²) < 4.78 is 42.0. The minimum atomic E-state index is -3.02. The fourth-order valence-electron chi connectivity index (χ4n) is 3.15. The lowest BCUT2D eigenvalue weighted by atomic mass is 10.2. The topological polar surface area (TPSA) is 93.8 Å².